The summed E-state index contributed by atoms with van der Waals surface area (Å²) < 4.78 is 0. The van der Waals surface area contributed by atoms with E-state index in [1.54, 1.807) is 6.08 Å². The number of aliphatic hydroxyl groups is 1. The molecule has 64 heavy (non-hydrogen) atoms. The lowest BCUT2D eigenvalue weighted by molar-refractivity contribution is -0.111. The van der Waals surface area contributed by atoms with Crippen LogP contribution in [0.4, 0.5) is 17.1 Å². The first-order chi connectivity index (χ1) is 30.9. The van der Waals surface area contributed by atoms with Crippen LogP contribution in [0.25, 0.3) is 22.4 Å². The predicted molar refractivity (Wildman–Crippen MR) is 278 cm³/mol. The van der Waals surface area contributed by atoms with Crippen LogP contribution in [-0.4, -0.2) is 31.4 Å². The van der Waals surface area contributed by atoms with Crippen molar-refractivity contribution < 1.29 is 9.90 Å². The molecular formula is C56H68B2N4O2. The Morgan fingerprint density at radius 2 is 1.17 bits per heavy atom. The molecule has 5 aromatic rings. The summed E-state index contributed by atoms with van der Waals surface area (Å²) in [6.45, 7) is 13.9. The number of anilines is 3. The number of aliphatic hydroxyl groups excluding tert-OH is 1. The average molecular weight is 851 g/mol. The first-order valence-electron chi connectivity index (χ1n) is 24.0. The van der Waals surface area contributed by atoms with Gasteiger partial charge >= 0.3 is 0 Å². The second kappa shape index (κ2) is 21.3. The first kappa shape index (κ1) is 46.2. The van der Waals surface area contributed by atoms with Crippen LogP contribution in [0.15, 0.2) is 120 Å². The van der Waals surface area contributed by atoms with Gasteiger partial charge in [0.2, 0.25) is 5.78 Å². The fraction of sp³-hybridized carbons (Fsp3) is 0.357. The van der Waals surface area contributed by atoms with Gasteiger partial charge in [0.1, 0.15) is 5.76 Å². The van der Waals surface area contributed by atoms with E-state index in [2.05, 4.69) is 101 Å². The van der Waals surface area contributed by atoms with Gasteiger partial charge in [-0.15, -0.1) is 0 Å². The zero-order valence-electron chi connectivity index (χ0n) is 39.1. The third kappa shape index (κ3) is 11.1. The summed E-state index contributed by atoms with van der Waals surface area (Å²) in [6, 6.07) is 33.4. The Balaban J connectivity index is 1.01. The molecule has 5 aromatic carbocycles. The van der Waals surface area contributed by atoms with Crippen molar-refractivity contribution in [3.05, 3.63) is 148 Å². The normalized spacial score (nSPS) is 15.7. The third-order valence-electron chi connectivity index (χ3n) is 13.4. The van der Waals surface area contributed by atoms with Gasteiger partial charge in [-0.2, -0.15) is 0 Å². The summed E-state index contributed by atoms with van der Waals surface area (Å²) in [5.74, 6) is 2.56. The maximum absolute atomic E-state index is 14.1. The molecule has 2 unspecified atom stereocenters. The monoisotopic (exact) mass is 851 g/mol. The number of Topliss-reactive ketones (excluding diaryl/α,β-unsaturated/α-hetero) is 1. The van der Waals surface area contributed by atoms with Gasteiger partial charge in [0, 0.05) is 39.1 Å². The fourth-order valence-electron chi connectivity index (χ4n) is 9.32. The predicted octanol–water partition coefficient (Wildman–Crippen LogP) is 11.6. The van der Waals surface area contributed by atoms with Crippen molar-refractivity contribution in [1.82, 2.24) is 0 Å². The van der Waals surface area contributed by atoms with Crippen LogP contribution in [0.2, 0.25) is 0 Å². The van der Waals surface area contributed by atoms with Gasteiger partial charge in [-0.1, -0.05) is 188 Å². The highest BCUT2D eigenvalue weighted by Gasteiger charge is 2.39. The van der Waals surface area contributed by atoms with Crippen molar-refractivity contribution in [3.63, 3.8) is 0 Å². The minimum Gasteiger partial charge on any atom is -0.506 e. The zero-order chi connectivity index (χ0) is 45.3. The van der Waals surface area contributed by atoms with Gasteiger partial charge in [-0.25, -0.2) is 0 Å². The number of benzene rings is 5. The number of aryl methyl sites for hydroxylation is 2. The topological polar surface area (TPSA) is 111 Å². The average Bonchev–Trinajstić information content (AvgIpc) is 3.28. The van der Waals surface area contributed by atoms with Gasteiger partial charge in [0.15, 0.2) is 0 Å². The lowest BCUT2D eigenvalue weighted by Gasteiger charge is -2.27. The molecule has 2 aliphatic rings. The Morgan fingerprint density at radius 1 is 0.625 bits per heavy atom. The van der Waals surface area contributed by atoms with Crippen LogP contribution in [0.3, 0.4) is 0 Å². The molecule has 0 amide bonds. The molecule has 7 rings (SSSR count). The van der Waals surface area contributed by atoms with Crippen molar-refractivity contribution in [2.45, 2.75) is 106 Å². The van der Waals surface area contributed by atoms with Gasteiger partial charge in [0.05, 0.1) is 16.9 Å². The summed E-state index contributed by atoms with van der Waals surface area (Å²) >= 11 is 0. The minimum absolute atomic E-state index is 0.130. The van der Waals surface area contributed by atoms with E-state index < -0.39 is 0 Å². The first-order valence-corrected chi connectivity index (χ1v) is 24.0. The third-order valence-corrected chi connectivity index (χ3v) is 13.4. The molecule has 330 valence electrons. The molecule has 0 saturated carbocycles. The van der Waals surface area contributed by atoms with E-state index in [9.17, 15) is 15.3 Å². The Bertz CT molecular complexity index is 2550. The Hall–Kier alpha value is -5.75. The van der Waals surface area contributed by atoms with E-state index >= 15 is 0 Å². The van der Waals surface area contributed by atoms with E-state index in [1.165, 1.54) is 68.0 Å². The number of nitrogen functional groups attached to an aromatic ring is 1. The summed E-state index contributed by atoms with van der Waals surface area (Å²) in [5.41, 5.74) is 17.1. The molecular weight excluding hydrogens is 782 g/mol. The van der Waals surface area contributed by atoms with Crippen molar-refractivity contribution in [1.29, 1.82) is 5.41 Å². The molecule has 2 aliphatic carbocycles. The molecule has 0 heterocycles. The summed E-state index contributed by atoms with van der Waals surface area (Å²) in [5, 5.41) is 29.9. The Labute approximate surface area is 384 Å². The molecule has 0 saturated heterocycles. The van der Waals surface area contributed by atoms with Crippen LogP contribution >= 0.6 is 0 Å². The Morgan fingerprint density at radius 3 is 1.73 bits per heavy atom. The lowest BCUT2D eigenvalue weighted by Crippen LogP contribution is -2.27. The van der Waals surface area contributed by atoms with Crippen molar-refractivity contribution in [3.8, 4) is 0 Å². The highest BCUT2D eigenvalue weighted by atomic mass is 16.3. The molecule has 0 spiro atoms. The van der Waals surface area contributed by atoms with Gasteiger partial charge in [0.25, 0.3) is 14.8 Å². The number of hydrogen-bond donors (Lipinski definition) is 5. The SMILES string of the molecule is CC(C)CCCC(C)CCc1ccc(BNc2cccc3c2C(=N)/C(=C2\C(=O)C(c4ccc5cccc(NBc6ccc(CCC(C)CCCC(C)C)cc6)c5c4N)=C2O)C=C3)cc1. The highest BCUT2D eigenvalue weighted by molar-refractivity contribution is 6.58. The standard InChI is InChI=1S/C56H68B2N4O2/c1-35(2)11-7-13-37(5)19-21-39-23-29-43(30-24-39)57-61-47-17-9-15-41-27-33-45(53(59)49(41)47)51-55(63)52(56(51)64)46-34-28-42-16-10-18-48(50(42)54(46)60)62-58-44-31-25-40(26-32-44)22-20-38(6)14-8-12-36(3)4/h9-10,15-18,23-38,57-59,61-63H,7-8,11-14,19-22,60H2,1-6H3/b51-45-,59-53?. The highest BCUT2D eigenvalue weighted by Crippen LogP contribution is 2.45. The van der Waals surface area contributed by atoms with Crippen LogP contribution in [0.1, 0.15) is 121 Å². The lowest BCUT2D eigenvalue weighted by atomic mass is 9.76. The van der Waals surface area contributed by atoms with E-state index in [1.807, 2.05) is 54.6 Å². The smallest absolute Gasteiger partial charge is 0.267 e. The van der Waals surface area contributed by atoms with Crippen molar-refractivity contribution in [2.75, 3.05) is 16.2 Å². The van der Waals surface area contributed by atoms with Crippen LogP contribution in [-0.2, 0) is 17.6 Å². The molecule has 6 nitrogen and oxygen atoms in total. The Kier molecular flexibility index (Phi) is 15.4. The molecule has 0 bridgehead atoms. The summed E-state index contributed by atoms with van der Waals surface area (Å²) in [4.78, 5) is 14.1. The van der Waals surface area contributed by atoms with Gasteiger partial charge in [-0.3, -0.25) is 10.2 Å². The van der Waals surface area contributed by atoms with Crippen LogP contribution in [0.5, 0.6) is 0 Å². The molecule has 0 radical (unpaired) electrons. The molecule has 0 aliphatic heterocycles. The van der Waals surface area contributed by atoms with Crippen LogP contribution in [0, 0.1) is 29.1 Å². The maximum Gasteiger partial charge on any atom is 0.267 e. The number of allylic oxidation sites excluding steroid dienone is 4. The van der Waals surface area contributed by atoms with Crippen molar-refractivity contribution >= 4 is 76.7 Å². The van der Waals surface area contributed by atoms with E-state index in [0.717, 1.165) is 69.7 Å². The number of nitrogens with one attached hydrogen (secondary N) is 3. The molecule has 0 aromatic heterocycles. The molecule has 2 atom stereocenters. The summed E-state index contributed by atoms with van der Waals surface area (Å²) in [7, 11) is 1.22. The number of nitrogens with two attached hydrogens (primary N) is 1. The fourth-order valence-corrected chi connectivity index (χ4v) is 9.32. The number of fused-ring (bicyclic) bond motifs is 2. The van der Waals surface area contributed by atoms with E-state index in [-0.39, 0.29) is 28.4 Å². The van der Waals surface area contributed by atoms with E-state index in [0.29, 0.717) is 37.2 Å². The van der Waals surface area contributed by atoms with E-state index in [4.69, 9.17) is 5.73 Å². The number of ketones is 1. The number of carbonyl (C=O) groups is 1. The molecule has 6 N–H and O–H groups in total. The molecule has 8 heteroatoms. The quantitative estimate of drug-likeness (QED) is 0.0287. The van der Waals surface area contributed by atoms with Gasteiger partial charge < -0.3 is 21.3 Å². The van der Waals surface area contributed by atoms with Crippen LogP contribution < -0.4 is 27.1 Å². The largest absolute Gasteiger partial charge is 0.506 e. The number of rotatable bonds is 21. The molecule has 0 fully saturated rings. The summed E-state index contributed by atoms with van der Waals surface area (Å²) in [6.07, 6.45) is 16.1. The minimum atomic E-state index is -0.317. The maximum atomic E-state index is 14.1. The van der Waals surface area contributed by atoms with Crippen molar-refractivity contribution in [2.24, 2.45) is 23.7 Å². The second-order valence-electron chi connectivity index (χ2n) is 19.5. The van der Waals surface area contributed by atoms with Gasteiger partial charge in [-0.05, 0) is 83.6 Å². The number of hydrogen-bond acceptors (Lipinski definition) is 6. The number of carbonyl (C=O) groups excluding carboxylic acids is 1. The second-order valence-corrected chi connectivity index (χ2v) is 19.5. The zero-order valence-corrected chi connectivity index (χ0v) is 39.1.